The van der Waals surface area contributed by atoms with Crippen molar-refractivity contribution < 1.29 is 4.74 Å². The molecule has 0 radical (unpaired) electrons. The van der Waals surface area contributed by atoms with E-state index in [1.165, 1.54) is 18.4 Å². The molecule has 0 fully saturated rings. The molecule has 1 aliphatic rings. The summed E-state index contributed by atoms with van der Waals surface area (Å²) in [5.41, 5.74) is 4.04. The zero-order chi connectivity index (χ0) is 26.3. The summed E-state index contributed by atoms with van der Waals surface area (Å²) in [7, 11) is 0. The number of aryl methyl sites for hydroxylation is 2. The van der Waals surface area contributed by atoms with E-state index < -0.39 is 0 Å². The van der Waals surface area contributed by atoms with Gasteiger partial charge in [0.1, 0.15) is 5.75 Å². The van der Waals surface area contributed by atoms with Crippen molar-refractivity contribution in [2.24, 2.45) is 14.4 Å². The van der Waals surface area contributed by atoms with Gasteiger partial charge in [0, 0.05) is 36.3 Å². The summed E-state index contributed by atoms with van der Waals surface area (Å²) in [5, 5.41) is 8.63. The fourth-order valence-corrected chi connectivity index (χ4v) is 3.81. The molecule has 0 aliphatic carbocycles. The molecule has 1 aliphatic heterocycles. The minimum Gasteiger partial charge on any atom is -0.481 e. The van der Waals surface area contributed by atoms with Crippen LogP contribution in [0, 0.1) is 13.8 Å². The number of hydrogen-bond acceptors (Lipinski definition) is 6. The quantitative estimate of drug-likeness (QED) is 0.174. The summed E-state index contributed by atoms with van der Waals surface area (Å²) in [6.45, 7) is 19.8. The highest BCUT2D eigenvalue weighted by Gasteiger charge is 2.10. The van der Waals surface area contributed by atoms with Crippen LogP contribution in [0.4, 0.5) is 5.69 Å². The van der Waals surface area contributed by atoms with Gasteiger partial charge in [0.15, 0.2) is 17.7 Å². The molecule has 1 heterocycles. The van der Waals surface area contributed by atoms with Crippen molar-refractivity contribution in [2.45, 2.75) is 47.5 Å². The average Bonchev–Trinajstić information content (AvgIpc) is 2.88. The summed E-state index contributed by atoms with van der Waals surface area (Å²) in [6, 6.07) is 12.1. The molecular weight excluding hydrogens is 466 g/mol. The maximum absolute atomic E-state index is 5.99. The van der Waals surface area contributed by atoms with E-state index in [0.717, 1.165) is 64.0 Å². The first-order valence-corrected chi connectivity index (χ1v) is 13.3. The Labute approximate surface area is 220 Å². The molecular formula is C29H39N5OS. The van der Waals surface area contributed by atoms with Gasteiger partial charge in [-0.25, -0.2) is 4.99 Å². The lowest BCUT2D eigenvalue weighted by Gasteiger charge is -2.18. The normalized spacial score (nSPS) is 14.2. The number of rotatable bonds is 7. The van der Waals surface area contributed by atoms with Crippen molar-refractivity contribution in [3.8, 4) is 5.75 Å². The van der Waals surface area contributed by atoms with Gasteiger partial charge in [0.2, 0.25) is 0 Å². The Kier molecular flexibility index (Phi) is 12.6. The van der Waals surface area contributed by atoms with Crippen LogP contribution in [0.15, 0.2) is 62.4 Å². The van der Waals surface area contributed by atoms with Gasteiger partial charge in [-0.3, -0.25) is 4.99 Å². The maximum Gasteiger partial charge on any atom is 0.195 e. The van der Waals surface area contributed by atoms with Crippen molar-refractivity contribution in [3.05, 3.63) is 69.6 Å². The topological polar surface area (TPSA) is 70.4 Å². The third-order valence-electron chi connectivity index (χ3n) is 5.18. The van der Waals surface area contributed by atoms with E-state index in [9.17, 15) is 0 Å². The third-order valence-corrected chi connectivity index (χ3v) is 5.70. The van der Waals surface area contributed by atoms with Gasteiger partial charge in [0.05, 0.1) is 0 Å². The summed E-state index contributed by atoms with van der Waals surface area (Å²) in [5.74, 6) is 2.58. The highest BCUT2D eigenvalue weighted by Crippen LogP contribution is 2.27. The lowest BCUT2D eigenvalue weighted by Crippen LogP contribution is -2.35. The van der Waals surface area contributed by atoms with Crippen LogP contribution in [0.1, 0.15) is 44.7 Å². The van der Waals surface area contributed by atoms with E-state index in [4.69, 9.17) is 4.74 Å². The summed E-state index contributed by atoms with van der Waals surface area (Å²) >= 11 is 1.30. The van der Waals surface area contributed by atoms with Gasteiger partial charge in [-0.2, -0.15) is 4.40 Å². The number of amidine groups is 1. The van der Waals surface area contributed by atoms with Crippen molar-refractivity contribution in [2.75, 3.05) is 24.3 Å². The molecule has 2 aromatic rings. The molecule has 3 rings (SSSR count). The van der Waals surface area contributed by atoms with Gasteiger partial charge in [0.25, 0.3) is 0 Å². The Morgan fingerprint density at radius 1 is 1.22 bits per heavy atom. The van der Waals surface area contributed by atoms with Crippen LogP contribution in [0.3, 0.4) is 0 Å². The van der Waals surface area contributed by atoms with Crippen LogP contribution in [-0.4, -0.2) is 37.5 Å². The van der Waals surface area contributed by atoms with E-state index in [0.29, 0.717) is 11.8 Å². The Hall–Kier alpha value is -3.32. The second-order valence-electron chi connectivity index (χ2n) is 8.33. The molecule has 2 aromatic carbocycles. The number of nitrogens with zero attached hydrogens (tertiary/aromatic N) is 3. The number of anilines is 1. The minimum absolute atomic E-state index is 0.364. The second kappa shape index (κ2) is 15.6. The van der Waals surface area contributed by atoms with Crippen molar-refractivity contribution in [1.82, 2.24) is 5.32 Å². The van der Waals surface area contributed by atoms with E-state index in [-0.39, 0.29) is 0 Å². The predicted octanol–water partition coefficient (Wildman–Crippen LogP) is 5.40. The average molecular weight is 506 g/mol. The molecule has 0 amide bonds. The Morgan fingerprint density at radius 3 is 2.61 bits per heavy atom. The van der Waals surface area contributed by atoms with Crippen LogP contribution in [-0.2, 0) is 0 Å². The van der Waals surface area contributed by atoms with Crippen LogP contribution in [0.2, 0.25) is 0 Å². The molecule has 36 heavy (non-hydrogen) atoms. The second-order valence-corrected chi connectivity index (χ2v) is 9.00. The zero-order valence-corrected chi connectivity index (χ0v) is 23.0. The fourth-order valence-electron chi connectivity index (χ4n) is 3.29. The smallest absolute Gasteiger partial charge is 0.195 e. The zero-order valence-electron chi connectivity index (χ0n) is 22.2. The van der Waals surface area contributed by atoms with Gasteiger partial charge >= 0.3 is 0 Å². The van der Waals surface area contributed by atoms with E-state index in [1.807, 2.05) is 56.3 Å². The standard InChI is InChI=1S/C26H31N5OS.C3H8/c1-6-21(16-22-11-8-7-10-18(22)2)25(27-5)31-33-17-32-24-15-19(3)23(14-20(24)4)30-26-28-12-9-13-29-26;1-3-2/h6-8,10-11,14-16H,2,5,9,12-13,17H2,1,3-4H3,(H2,28,29,30);3H2,1-2H3/b21-6+,22-16-,31-25-;. The van der Waals surface area contributed by atoms with Crippen LogP contribution >= 0.6 is 11.9 Å². The SMILES string of the molecule is C=NC(=N\SCOc1cc(C)c(NC2=NCCCN2)cc1C)/C(/C=c1/ccccc1=C)=C/C.CCC. The highest BCUT2D eigenvalue weighted by molar-refractivity contribution is 7.98. The largest absolute Gasteiger partial charge is 0.481 e. The van der Waals surface area contributed by atoms with Crippen molar-refractivity contribution in [1.29, 1.82) is 0 Å². The monoisotopic (exact) mass is 505 g/mol. The predicted molar refractivity (Wildman–Crippen MR) is 160 cm³/mol. The number of hydrogen-bond donors (Lipinski definition) is 2. The van der Waals surface area contributed by atoms with Crippen LogP contribution in [0.25, 0.3) is 12.7 Å². The fraction of sp³-hybridized carbons (Fsp3) is 0.345. The molecule has 0 unspecified atom stereocenters. The maximum atomic E-state index is 5.99. The number of allylic oxidation sites excluding steroid dienone is 1. The Morgan fingerprint density at radius 2 is 1.97 bits per heavy atom. The first-order chi connectivity index (χ1) is 17.4. The molecule has 192 valence electrons. The van der Waals surface area contributed by atoms with Gasteiger partial charge < -0.3 is 15.4 Å². The molecule has 0 aromatic heterocycles. The first-order valence-electron chi connectivity index (χ1n) is 12.3. The number of ether oxygens (including phenoxy) is 1. The summed E-state index contributed by atoms with van der Waals surface area (Å²) in [4.78, 5) is 8.58. The highest BCUT2D eigenvalue weighted by atomic mass is 32.2. The Bertz CT molecular complexity index is 1220. The number of guanidine groups is 1. The van der Waals surface area contributed by atoms with Gasteiger partial charge in [-0.15, -0.1) is 0 Å². The minimum atomic E-state index is 0.364. The number of aliphatic imine (C=N–C) groups is 2. The molecule has 2 N–H and O–H groups in total. The first kappa shape index (κ1) is 28.9. The van der Waals surface area contributed by atoms with Gasteiger partial charge in [-0.05, 0) is 73.7 Å². The Balaban J connectivity index is 0.00000145. The summed E-state index contributed by atoms with van der Waals surface area (Å²) in [6.07, 6.45) is 6.30. The molecule has 0 atom stereocenters. The lowest BCUT2D eigenvalue weighted by molar-refractivity contribution is 0.390. The molecule has 0 saturated carbocycles. The summed E-state index contributed by atoms with van der Waals surface area (Å²) < 4.78 is 10.5. The van der Waals surface area contributed by atoms with Crippen molar-refractivity contribution in [3.63, 3.8) is 0 Å². The number of nitrogens with one attached hydrogen (secondary N) is 2. The number of benzene rings is 2. The van der Waals surface area contributed by atoms with Crippen LogP contribution < -0.4 is 25.8 Å². The van der Waals surface area contributed by atoms with Crippen molar-refractivity contribution >= 4 is 48.8 Å². The van der Waals surface area contributed by atoms with E-state index in [1.54, 1.807) is 0 Å². The molecule has 0 saturated heterocycles. The molecule has 0 bridgehead atoms. The van der Waals surface area contributed by atoms with E-state index in [2.05, 4.69) is 65.2 Å². The molecule has 7 heteroatoms. The third kappa shape index (κ3) is 9.04. The van der Waals surface area contributed by atoms with E-state index >= 15 is 0 Å². The molecule has 0 spiro atoms. The van der Waals surface area contributed by atoms with Gasteiger partial charge in [-0.1, -0.05) is 57.2 Å². The van der Waals surface area contributed by atoms with Crippen LogP contribution in [0.5, 0.6) is 5.75 Å². The lowest BCUT2D eigenvalue weighted by atomic mass is 10.1. The molecule has 6 nitrogen and oxygen atoms in total.